The first kappa shape index (κ1) is 23.6. The Hall–Kier alpha value is -3.59. The van der Waals surface area contributed by atoms with Gasteiger partial charge in [-0.3, -0.25) is 29.3 Å². The summed E-state index contributed by atoms with van der Waals surface area (Å²) in [5, 5.41) is 13.2. The van der Waals surface area contributed by atoms with E-state index in [0.29, 0.717) is 17.9 Å². The van der Waals surface area contributed by atoms with Crippen LogP contribution in [-0.4, -0.2) is 45.0 Å². The lowest BCUT2D eigenvalue weighted by Gasteiger charge is -2.30. The summed E-state index contributed by atoms with van der Waals surface area (Å²) in [5.74, 6) is -3.25. The van der Waals surface area contributed by atoms with E-state index < -0.39 is 46.8 Å². The lowest BCUT2D eigenvalue weighted by Crippen LogP contribution is -2.52. The number of imide groups is 1. The predicted molar refractivity (Wildman–Crippen MR) is 122 cm³/mol. The number of nitro benzene ring substituents is 1. The summed E-state index contributed by atoms with van der Waals surface area (Å²) in [6.45, 7) is 1.42. The fraction of sp³-hybridized carbons (Fsp3) is 0.333. The molecule has 0 aromatic heterocycles. The first-order chi connectivity index (χ1) is 16.2. The molecule has 0 N–H and O–H groups in total. The van der Waals surface area contributed by atoms with E-state index in [-0.39, 0.29) is 22.7 Å². The van der Waals surface area contributed by atoms with E-state index in [1.165, 1.54) is 42.5 Å². The SMILES string of the molecule is C[C@@H]1CC[C@@H]2C(=O)N(N(CC(=O)c3ccc(Cl)cc3)C(=O)c3cccc([N+](=O)[O-])c3)C(=O)[C@H]2C1. The van der Waals surface area contributed by atoms with Crippen molar-refractivity contribution >= 4 is 40.8 Å². The molecule has 34 heavy (non-hydrogen) atoms. The van der Waals surface area contributed by atoms with Gasteiger partial charge in [0, 0.05) is 28.3 Å². The van der Waals surface area contributed by atoms with E-state index in [1.807, 2.05) is 6.92 Å². The molecular weight excluding hydrogens is 462 g/mol. The molecule has 1 saturated carbocycles. The maximum absolute atomic E-state index is 13.5. The Kier molecular flexibility index (Phi) is 6.47. The number of carbonyl (C=O) groups is 4. The quantitative estimate of drug-likeness (QED) is 0.266. The van der Waals surface area contributed by atoms with E-state index in [9.17, 15) is 29.3 Å². The highest BCUT2D eigenvalue weighted by molar-refractivity contribution is 6.30. The Labute approximate surface area is 200 Å². The Bertz CT molecular complexity index is 1180. The molecule has 2 aromatic rings. The van der Waals surface area contributed by atoms with Crippen LogP contribution in [0, 0.1) is 27.9 Å². The average molecular weight is 484 g/mol. The van der Waals surface area contributed by atoms with E-state index >= 15 is 0 Å². The van der Waals surface area contributed by atoms with Crippen molar-refractivity contribution in [1.29, 1.82) is 0 Å². The zero-order valence-electron chi connectivity index (χ0n) is 18.3. The van der Waals surface area contributed by atoms with Gasteiger partial charge in [-0.1, -0.05) is 24.6 Å². The van der Waals surface area contributed by atoms with E-state index in [2.05, 4.69) is 0 Å². The van der Waals surface area contributed by atoms with Crippen molar-refractivity contribution in [3.8, 4) is 0 Å². The van der Waals surface area contributed by atoms with Crippen LogP contribution in [0.2, 0.25) is 5.02 Å². The minimum absolute atomic E-state index is 0.109. The number of halogens is 1. The third-order valence-corrected chi connectivity index (χ3v) is 6.66. The molecule has 10 heteroatoms. The molecule has 1 saturated heterocycles. The molecule has 3 atom stereocenters. The van der Waals surface area contributed by atoms with Crippen LogP contribution >= 0.6 is 11.6 Å². The van der Waals surface area contributed by atoms with Gasteiger partial charge in [-0.2, -0.15) is 5.01 Å². The lowest BCUT2D eigenvalue weighted by atomic mass is 9.76. The molecule has 0 bridgehead atoms. The number of nitrogens with zero attached hydrogens (tertiary/aromatic N) is 3. The van der Waals surface area contributed by atoms with Crippen LogP contribution in [-0.2, 0) is 9.59 Å². The number of carbonyl (C=O) groups excluding carboxylic acids is 4. The second kappa shape index (κ2) is 9.34. The monoisotopic (exact) mass is 483 g/mol. The molecule has 0 spiro atoms. The standard InChI is InChI=1S/C24H22ClN3O6/c1-14-5-10-19-20(11-14)24(32)27(23(19)31)26(13-21(29)15-6-8-17(25)9-7-15)22(30)16-3-2-4-18(12-16)28(33)34/h2-4,6-9,12,14,19-20H,5,10-11,13H2,1H3/t14-,19+,20+/m1/s1. The topological polar surface area (TPSA) is 118 Å². The normalized spacial score (nSPS) is 21.8. The summed E-state index contributed by atoms with van der Waals surface area (Å²) in [7, 11) is 0. The van der Waals surface area contributed by atoms with E-state index in [0.717, 1.165) is 22.5 Å². The van der Waals surface area contributed by atoms with Crippen molar-refractivity contribution in [2.75, 3.05) is 6.54 Å². The average Bonchev–Trinajstić information content (AvgIpc) is 3.06. The molecule has 0 unspecified atom stereocenters. The molecule has 3 amide bonds. The number of non-ortho nitro benzene ring substituents is 1. The van der Waals surface area contributed by atoms with Gasteiger partial charge in [0.15, 0.2) is 5.78 Å². The smallest absolute Gasteiger partial charge is 0.273 e. The summed E-state index contributed by atoms with van der Waals surface area (Å²) in [6.07, 6.45) is 1.84. The minimum atomic E-state index is -0.848. The molecule has 2 fully saturated rings. The van der Waals surface area contributed by atoms with Gasteiger partial charge in [-0.05, 0) is 55.5 Å². The fourth-order valence-corrected chi connectivity index (χ4v) is 4.73. The number of hydrogen-bond donors (Lipinski definition) is 0. The molecule has 9 nitrogen and oxygen atoms in total. The zero-order chi connectivity index (χ0) is 24.6. The molecule has 4 rings (SSSR count). The Morgan fingerprint density at radius 1 is 1.06 bits per heavy atom. The number of amides is 3. The van der Waals surface area contributed by atoms with Crippen LogP contribution < -0.4 is 0 Å². The van der Waals surface area contributed by atoms with Gasteiger partial charge in [-0.25, -0.2) is 5.01 Å². The highest BCUT2D eigenvalue weighted by Gasteiger charge is 2.52. The number of hydrazine groups is 1. The minimum Gasteiger partial charge on any atom is -0.292 e. The summed E-state index contributed by atoms with van der Waals surface area (Å²) >= 11 is 5.89. The van der Waals surface area contributed by atoms with E-state index in [1.54, 1.807) is 0 Å². The van der Waals surface area contributed by atoms with Crippen LogP contribution in [0.15, 0.2) is 48.5 Å². The van der Waals surface area contributed by atoms with Gasteiger partial charge in [-0.15, -0.1) is 0 Å². The number of ketones is 1. The molecule has 1 heterocycles. The highest BCUT2D eigenvalue weighted by Crippen LogP contribution is 2.41. The molecule has 2 aliphatic rings. The largest absolute Gasteiger partial charge is 0.292 e. The summed E-state index contributed by atoms with van der Waals surface area (Å²) in [4.78, 5) is 63.6. The Morgan fingerprint density at radius 2 is 1.74 bits per heavy atom. The van der Waals surface area contributed by atoms with Gasteiger partial charge in [0.25, 0.3) is 23.4 Å². The van der Waals surface area contributed by atoms with Crippen LogP contribution in [0.1, 0.15) is 46.9 Å². The van der Waals surface area contributed by atoms with Gasteiger partial charge in [0.1, 0.15) is 6.54 Å². The summed E-state index contributed by atoms with van der Waals surface area (Å²) in [6, 6.07) is 11.0. The number of fused-ring (bicyclic) bond motifs is 1. The Balaban J connectivity index is 1.71. The third-order valence-electron chi connectivity index (χ3n) is 6.40. The molecule has 0 radical (unpaired) electrons. The molecule has 176 valence electrons. The van der Waals surface area contributed by atoms with Gasteiger partial charge >= 0.3 is 0 Å². The molecule has 1 aliphatic heterocycles. The maximum Gasteiger partial charge on any atom is 0.273 e. The number of rotatable bonds is 6. The second-order valence-electron chi connectivity index (χ2n) is 8.72. The van der Waals surface area contributed by atoms with Gasteiger partial charge < -0.3 is 0 Å². The number of Topliss-reactive ketones (excluding diaryl/α,β-unsaturated/α-hetero) is 1. The van der Waals surface area contributed by atoms with Crippen molar-refractivity contribution < 1.29 is 24.1 Å². The van der Waals surface area contributed by atoms with Crippen molar-refractivity contribution in [2.45, 2.75) is 26.2 Å². The number of benzene rings is 2. The van der Waals surface area contributed by atoms with Crippen LogP contribution in [0.5, 0.6) is 0 Å². The first-order valence-electron chi connectivity index (χ1n) is 10.9. The second-order valence-corrected chi connectivity index (χ2v) is 9.16. The van der Waals surface area contributed by atoms with Crippen molar-refractivity contribution in [1.82, 2.24) is 10.0 Å². The maximum atomic E-state index is 13.5. The van der Waals surface area contributed by atoms with Crippen molar-refractivity contribution in [3.05, 3.63) is 74.8 Å². The van der Waals surface area contributed by atoms with Crippen LogP contribution in [0.25, 0.3) is 0 Å². The first-order valence-corrected chi connectivity index (χ1v) is 11.3. The molecular formula is C24H22ClN3O6. The van der Waals surface area contributed by atoms with E-state index in [4.69, 9.17) is 11.6 Å². The molecule has 1 aliphatic carbocycles. The Morgan fingerprint density at radius 3 is 2.41 bits per heavy atom. The van der Waals surface area contributed by atoms with Gasteiger partial charge in [0.2, 0.25) is 0 Å². The predicted octanol–water partition coefficient (Wildman–Crippen LogP) is 3.91. The van der Waals surface area contributed by atoms with Crippen LogP contribution in [0.3, 0.4) is 0 Å². The molecule has 2 aromatic carbocycles. The lowest BCUT2D eigenvalue weighted by molar-refractivity contribution is -0.384. The zero-order valence-corrected chi connectivity index (χ0v) is 19.1. The highest BCUT2D eigenvalue weighted by atomic mass is 35.5. The fourth-order valence-electron chi connectivity index (χ4n) is 4.61. The van der Waals surface area contributed by atoms with Crippen molar-refractivity contribution in [3.63, 3.8) is 0 Å². The third kappa shape index (κ3) is 4.43. The number of hydrogen-bond acceptors (Lipinski definition) is 6. The van der Waals surface area contributed by atoms with Crippen molar-refractivity contribution in [2.24, 2.45) is 17.8 Å². The van der Waals surface area contributed by atoms with Crippen LogP contribution in [0.4, 0.5) is 5.69 Å². The number of nitro groups is 1. The van der Waals surface area contributed by atoms with Gasteiger partial charge in [0.05, 0.1) is 16.8 Å². The summed E-state index contributed by atoms with van der Waals surface area (Å²) in [5.41, 5.74) is -0.190. The summed E-state index contributed by atoms with van der Waals surface area (Å²) < 4.78 is 0.